The molecule has 2 heterocycles. The third kappa shape index (κ3) is 4.44. The Kier molecular flexibility index (Phi) is 5.99. The van der Waals surface area contributed by atoms with Gasteiger partial charge >= 0.3 is 0 Å². The van der Waals surface area contributed by atoms with Gasteiger partial charge in [-0.05, 0) is 42.9 Å². The lowest BCUT2D eigenvalue weighted by atomic mass is 10.1. The Hall–Kier alpha value is -3.65. The molecule has 8 heteroatoms. The molecule has 3 aromatic rings. The summed E-state index contributed by atoms with van der Waals surface area (Å²) in [6.07, 6.45) is 4.30. The number of benzene rings is 2. The van der Waals surface area contributed by atoms with Gasteiger partial charge in [-0.25, -0.2) is 0 Å². The normalized spacial score (nSPS) is 13.7. The SMILES string of the molecule is COc1ccccc1OCCCn1cc(C=C2C(=O)NC(=S)NC2=O)c2ccccc21. The van der Waals surface area contributed by atoms with Crippen molar-refractivity contribution in [3.8, 4) is 11.5 Å². The number of carbonyl (C=O) groups excluding carboxylic acids is 2. The first-order valence-corrected chi connectivity index (χ1v) is 10.2. The van der Waals surface area contributed by atoms with Gasteiger partial charge in [-0.3, -0.25) is 20.2 Å². The van der Waals surface area contributed by atoms with Crippen LogP contribution in [0.1, 0.15) is 12.0 Å². The van der Waals surface area contributed by atoms with Crippen molar-refractivity contribution in [2.75, 3.05) is 13.7 Å². The minimum atomic E-state index is -0.504. The van der Waals surface area contributed by atoms with Gasteiger partial charge in [0, 0.05) is 29.2 Å². The van der Waals surface area contributed by atoms with E-state index in [0.29, 0.717) is 24.7 Å². The second kappa shape index (κ2) is 9.01. The molecule has 0 spiro atoms. The average Bonchev–Trinajstić information content (AvgIpc) is 3.11. The Labute approximate surface area is 184 Å². The molecule has 0 aliphatic carbocycles. The maximum absolute atomic E-state index is 12.2. The van der Waals surface area contributed by atoms with E-state index in [1.165, 1.54) is 0 Å². The molecule has 31 heavy (non-hydrogen) atoms. The van der Waals surface area contributed by atoms with E-state index in [0.717, 1.165) is 22.9 Å². The Bertz CT molecular complexity index is 1180. The molecule has 0 radical (unpaired) electrons. The molecule has 0 atom stereocenters. The van der Waals surface area contributed by atoms with Crippen LogP contribution in [0.5, 0.6) is 11.5 Å². The molecule has 1 fully saturated rings. The largest absolute Gasteiger partial charge is 0.493 e. The highest BCUT2D eigenvalue weighted by Gasteiger charge is 2.26. The van der Waals surface area contributed by atoms with Gasteiger partial charge < -0.3 is 14.0 Å². The molecule has 4 rings (SSSR count). The highest BCUT2D eigenvalue weighted by molar-refractivity contribution is 7.80. The molecular weight excluding hydrogens is 414 g/mol. The van der Waals surface area contributed by atoms with E-state index >= 15 is 0 Å². The summed E-state index contributed by atoms with van der Waals surface area (Å²) in [5.41, 5.74) is 1.82. The number of amides is 2. The number of nitrogens with one attached hydrogen (secondary N) is 2. The van der Waals surface area contributed by atoms with Crippen molar-refractivity contribution >= 4 is 46.1 Å². The number of carbonyl (C=O) groups is 2. The molecular formula is C23H21N3O4S. The van der Waals surface area contributed by atoms with Crippen LogP contribution in [-0.2, 0) is 16.1 Å². The second-order valence-electron chi connectivity index (χ2n) is 6.94. The fourth-order valence-electron chi connectivity index (χ4n) is 3.49. The van der Waals surface area contributed by atoms with Crippen molar-refractivity contribution in [1.29, 1.82) is 0 Å². The van der Waals surface area contributed by atoms with Crippen molar-refractivity contribution in [3.05, 3.63) is 65.9 Å². The number of fused-ring (bicyclic) bond motifs is 1. The van der Waals surface area contributed by atoms with Gasteiger partial charge in [0.1, 0.15) is 5.57 Å². The smallest absolute Gasteiger partial charge is 0.263 e. The Morgan fingerprint density at radius 1 is 1.00 bits per heavy atom. The Morgan fingerprint density at radius 3 is 2.42 bits per heavy atom. The number of thiocarbonyl (C=S) groups is 1. The number of hydrogen-bond acceptors (Lipinski definition) is 5. The van der Waals surface area contributed by atoms with E-state index in [4.69, 9.17) is 21.7 Å². The number of aromatic nitrogens is 1. The van der Waals surface area contributed by atoms with E-state index in [-0.39, 0.29) is 10.7 Å². The van der Waals surface area contributed by atoms with Crippen molar-refractivity contribution in [3.63, 3.8) is 0 Å². The summed E-state index contributed by atoms with van der Waals surface area (Å²) >= 11 is 4.85. The summed E-state index contributed by atoms with van der Waals surface area (Å²) in [7, 11) is 1.62. The maximum atomic E-state index is 12.2. The van der Waals surface area contributed by atoms with Crippen LogP contribution in [0.4, 0.5) is 0 Å². The fourth-order valence-corrected chi connectivity index (χ4v) is 3.68. The van der Waals surface area contributed by atoms with Gasteiger partial charge in [-0.2, -0.15) is 0 Å². The number of nitrogens with zero attached hydrogens (tertiary/aromatic N) is 1. The topological polar surface area (TPSA) is 81.6 Å². The first-order chi connectivity index (χ1) is 15.1. The highest BCUT2D eigenvalue weighted by Crippen LogP contribution is 2.27. The van der Waals surface area contributed by atoms with E-state index in [2.05, 4.69) is 15.2 Å². The third-order valence-electron chi connectivity index (χ3n) is 4.93. The van der Waals surface area contributed by atoms with E-state index < -0.39 is 11.8 Å². The lowest BCUT2D eigenvalue weighted by Crippen LogP contribution is -2.51. The highest BCUT2D eigenvalue weighted by atomic mass is 32.1. The van der Waals surface area contributed by atoms with Gasteiger partial charge in [0.15, 0.2) is 16.6 Å². The van der Waals surface area contributed by atoms with Crippen LogP contribution in [0.2, 0.25) is 0 Å². The van der Waals surface area contributed by atoms with Crippen molar-refractivity contribution in [2.24, 2.45) is 0 Å². The zero-order valence-corrected chi connectivity index (χ0v) is 17.7. The molecule has 0 saturated carbocycles. The summed E-state index contributed by atoms with van der Waals surface area (Å²) in [6.45, 7) is 1.23. The summed E-state index contributed by atoms with van der Waals surface area (Å²) < 4.78 is 13.3. The van der Waals surface area contributed by atoms with Crippen LogP contribution in [0.15, 0.2) is 60.3 Å². The Balaban J connectivity index is 1.52. The molecule has 0 bridgehead atoms. The molecule has 1 aromatic heterocycles. The maximum Gasteiger partial charge on any atom is 0.263 e. The molecule has 0 unspecified atom stereocenters. The van der Waals surface area contributed by atoms with Crippen molar-refractivity contribution < 1.29 is 19.1 Å². The summed E-state index contributed by atoms with van der Waals surface area (Å²) in [5, 5.41) is 5.89. The molecule has 158 valence electrons. The molecule has 1 aliphatic heterocycles. The van der Waals surface area contributed by atoms with Crippen LogP contribution in [0.25, 0.3) is 17.0 Å². The number of para-hydroxylation sites is 3. The number of rotatable bonds is 7. The molecule has 1 aliphatic rings. The lowest BCUT2D eigenvalue weighted by molar-refractivity contribution is -0.123. The van der Waals surface area contributed by atoms with Gasteiger partial charge in [0.2, 0.25) is 0 Å². The zero-order valence-electron chi connectivity index (χ0n) is 16.9. The van der Waals surface area contributed by atoms with Gasteiger partial charge in [0.25, 0.3) is 11.8 Å². The van der Waals surface area contributed by atoms with E-state index in [1.54, 1.807) is 13.2 Å². The van der Waals surface area contributed by atoms with Crippen molar-refractivity contribution in [1.82, 2.24) is 15.2 Å². The summed E-state index contributed by atoms with van der Waals surface area (Å²) in [4.78, 5) is 24.4. The minimum absolute atomic E-state index is 0.0182. The van der Waals surface area contributed by atoms with Crippen LogP contribution < -0.4 is 20.1 Å². The van der Waals surface area contributed by atoms with Crippen LogP contribution in [-0.4, -0.2) is 35.2 Å². The third-order valence-corrected chi connectivity index (χ3v) is 5.14. The summed E-state index contributed by atoms with van der Waals surface area (Å²) in [6, 6.07) is 15.4. The summed E-state index contributed by atoms with van der Waals surface area (Å²) in [5.74, 6) is 0.401. The van der Waals surface area contributed by atoms with Gasteiger partial charge in [0.05, 0.1) is 13.7 Å². The van der Waals surface area contributed by atoms with Crippen LogP contribution in [0, 0.1) is 0 Å². The van der Waals surface area contributed by atoms with Gasteiger partial charge in [-0.1, -0.05) is 30.3 Å². The monoisotopic (exact) mass is 435 g/mol. The van der Waals surface area contributed by atoms with Gasteiger partial charge in [-0.15, -0.1) is 0 Å². The number of ether oxygens (including phenoxy) is 2. The number of hydrogen-bond donors (Lipinski definition) is 2. The average molecular weight is 436 g/mol. The zero-order chi connectivity index (χ0) is 21.8. The van der Waals surface area contributed by atoms with Crippen molar-refractivity contribution in [2.45, 2.75) is 13.0 Å². The van der Waals surface area contributed by atoms with Crippen LogP contribution >= 0.6 is 12.2 Å². The number of methoxy groups -OCH3 is 1. The first kappa shape index (κ1) is 20.6. The van der Waals surface area contributed by atoms with Crippen LogP contribution in [0.3, 0.4) is 0 Å². The molecule has 2 aromatic carbocycles. The second-order valence-corrected chi connectivity index (χ2v) is 7.35. The van der Waals surface area contributed by atoms with E-state index in [9.17, 15) is 9.59 Å². The quantitative estimate of drug-likeness (QED) is 0.258. The first-order valence-electron chi connectivity index (χ1n) is 9.79. The minimum Gasteiger partial charge on any atom is -0.493 e. The lowest BCUT2D eigenvalue weighted by Gasteiger charge is -2.16. The fraction of sp³-hybridized carbons (Fsp3) is 0.174. The molecule has 1 saturated heterocycles. The predicted molar refractivity (Wildman–Crippen MR) is 122 cm³/mol. The molecule has 2 N–H and O–H groups in total. The number of aryl methyl sites for hydroxylation is 1. The van der Waals surface area contributed by atoms with E-state index in [1.807, 2.05) is 54.7 Å². The molecule has 7 nitrogen and oxygen atoms in total. The predicted octanol–water partition coefficient (Wildman–Crippen LogP) is 3.03. The molecule has 2 amide bonds. The standard InChI is InChI=1S/C23H21N3O4S/c1-29-19-9-4-5-10-20(19)30-12-6-11-26-14-15(16-7-2-3-8-18(16)26)13-17-21(27)24-23(31)25-22(17)28/h2-5,7-10,13-14H,6,11-12H2,1H3,(H2,24,25,27,28,31). The Morgan fingerprint density at radius 2 is 1.68 bits per heavy atom.